The predicted molar refractivity (Wildman–Crippen MR) is 182 cm³/mol. The lowest BCUT2D eigenvalue weighted by Gasteiger charge is -2.22. The second-order valence-corrected chi connectivity index (χ2v) is 8.13. The highest BCUT2D eigenvalue weighted by Gasteiger charge is 2.14. The van der Waals surface area contributed by atoms with Crippen LogP contribution in [0.2, 0.25) is 0 Å². The third-order valence-electron chi connectivity index (χ3n) is 6.08. The van der Waals surface area contributed by atoms with Crippen LogP contribution in [-0.4, -0.2) is 65.6 Å². The van der Waals surface area contributed by atoms with Crippen molar-refractivity contribution in [3.05, 3.63) is 95.1 Å². The van der Waals surface area contributed by atoms with Crippen LogP contribution in [0.5, 0.6) is 0 Å². The molecule has 0 amide bonds. The summed E-state index contributed by atoms with van der Waals surface area (Å²) in [6.45, 7) is 0. The third kappa shape index (κ3) is 8.86. The van der Waals surface area contributed by atoms with Crippen LogP contribution in [0.25, 0.3) is 0 Å². The number of benzene rings is 3. The molecule has 0 saturated heterocycles. The monoisotopic (exact) mass is 626 g/mol. The number of nitrogens with zero attached hydrogens (tertiary/aromatic N) is 4. The molecule has 0 unspecified atom stereocenters. The Labute approximate surface area is 262 Å². The summed E-state index contributed by atoms with van der Waals surface area (Å²) in [4.78, 5) is 12.1. The molecule has 0 atom stereocenters. The normalized spacial score (nSPS) is 10.4. The fraction of sp³-hybridized carbons (Fsp3) is 0.214. The van der Waals surface area contributed by atoms with Gasteiger partial charge in [-0.15, -0.1) is 49.6 Å². The van der Waals surface area contributed by atoms with Crippen molar-refractivity contribution in [2.45, 2.75) is 0 Å². The number of hydrogen-bond donors (Lipinski definition) is 4. The first-order valence-electron chi connectivity index (χ1n) is 11.6. The molecular formula is C28H38Cl4N8. The van der Waals surface area contributed by atoms with Gasteiger partial charge in [-0.25, -0.2) is 0 Å². The average Bonchev–Trinajstić information content (AvgIpc) is 2.93. The standard InChI is InChI=1S/C28H34N8.4ClH/c1-31-27(32-2)21-11-15-23(16-12-21)35(5)25(29)19-7-9-20(10-8-19)26(30)36(6)24-17-13-22(14-18-24)28(33-3)34-4;;;;/h7-18,29-30H,1-6H3,(H,31,32)(H,33,34);4*1H. The molecule has 218 valence electrons. The number of rotatable bonds is 6. The van der Waals surface area contributed by atoms with Crippen molar-refractivity contribution in [3.8, 4) is 0 Å². The fourth-order valence-electron chi connectivity index (χ4n) is 3.89. The number of halogens is 4. The molecule has 0 radical (unpaired) electrons. The van der Waals surface area contributed by atoms with Gasteiger partial charge in [-0.1, -0.05) is 24.3 Å². The first-order chi connectivity index (χ1) is 17.3. The van der Waals surface area contributed by atoms with Gasteiger partial charge in [0.05, 0.1) is 0 Å². The minimum Gasteiger partial charge on any atom is -0.373 e. The molecule has 0 bridgehead atoms. The van der Waals surface area contributed by atoms with E-state index in [9.17, 15) is 0 Å². The molecule has 0 aliphatic rings. The van der Waals surface area contributed by atoms with E-state index in [1.807, 2.05) is 111 Å². The summed E-state index contributed by atoms with van der Waals surface area (Å²) in [5.41, 5.74) is 5.34. The molecule has 4 N–H and O–H groups in total. The van der Waals surface area contributed by atoms with Crippen LogP contribution in [-0.2, 0) is 0 Å². The maximum absolute atomic E-state index is 8.68. The Balaban J connectivity index is 0. The van der Waals surface area contributed by atoms with Gasteiger partial charge in [-0.3, -0.25) is 20.8 Å². The summed E-state index contributed by atoms with van der Waals surface area (Å²) < 4.78 is 0. The maximum Gasteiger partial charge on any atom is 0.132 e. The van der Waals surface area contributed by atoms with Gasteiger partial charge in [0.1, 0.15) is 23.3 Å². The molecule has 0 aliphatic heterocycles. The predicted octanol–water partition coefficient (Wildman–Crippen LogP) is 5.49. The van der Waals surface area contributed by atoms with Gasteiger partial charge in [-0.05, 0) is 48.5 Å². The molecule has 0 aliphatic carbocycles. The summed E-state index contributed by atoms with van der Waals surface area (Å²) in [5.74, 6) is 2.38. The quantitative estimate of drug-likeness (QED) is 0.214. The van der Waals surface area contributed by atoms with Crippen molar-refractivity contribution >= 4 is 84.3 Å². The average molecular weight is 628 g/mol. The van der Waals surface area contributed by atoms with Crippen LogP contribution >= 0.6 is 49.6 Å². The van der Waals surface area contributed by atoms with Crippen molar-refractivity contribution in [3.63, 3.8) is 0 Å². The summed E-state index contributed by atoms with van der Waals surface area (Å²) in [7, 11) is 10.9. The zero-order valence-corrected chi connectivity index (χ0v) is 26.6. The molecular weight excluding hydrogens is 590 g/mol. The van der Waals surface area contributed by atoms with Crippen LogP contribution < -0.4 is 20.4 Å². The minimum absolute atomic E-state index is 0. The molecule has 0 aromatic heterocycles. The van der Waals surface area contributed by atoms with Crippen LogP contribution in [0.15, 0.2) is 82.8 Å². The molecule has 3 rings (SSSR count). The summed E-state index contributed by atoms with van der Waals surface area (Å²) in [6.07, 6.45) is 0. The number of anilines is 2. The van der Waals surface area contributed by atoms with Crippen LogP contribution in [0, 0.1) is 10.8 Å². The number of nitrogens with one attached hydrogen (secondary N) is 4. The van der Waals surface area contributed by atoms with Crippen molar-refractivity contribution in [2.75, 3.05) is 52.1 Å². The van der Waals surface area contributed by atoms with E-state index in [-0.39, 0.29) is 49.6 Å². The molecule has 0 heterocycles. The molecule has 0 spiro atoms. The van der Waals surface area contributed by atoms with E-state index in [1.165, 1.54) is 0 Å². The zero-order valence-electron chi connectivity index (χ0n) is 23.4. The largest absolute Gasteiger partial charge is 0.373 e. The fourth-order valence-corrected chi connectivity index (χ4v) is 3.89. The summed E-state index contributed by atoms with van der Waals surface area (Å²) in [5, 5.41) is 23.5. The lowest BCUT2D eigenvalue weighted by molar-refractivity contribution is 1.15. The van der Waals surface area contributed by atoms with Gasteiger partial charge in [0.25, 0.3) is 0 Å². The van der Waals surface area contributed by atoms with Crippen molar-refractivity contribution in [1.82, 2.24) is 10.6 Å². The van der Waals surface area contributed by atoms with E-state index in [4.69, 9.17) is 10.8 Å². The molecule has 12 heteroatoms. The van der Waals surface area contributed by atoms with Crippen molar-refractivity contribution in [2.24, 2.45) is 9.98 Å². The SMILES string of the molecule is CN=C(NC)c1ccc(N(C)C(=N)c2ccc(C(=N)N(C)c3ccc(C(=NC)NC)cc3)cc2)cc1.Cl.Cl.Cl.Cl. The van der Waals surface area contributed by atoms with Crippen LogP contribution in [0.1, 0.15) is 22.3 Å². The molecule has 3 aromatic rings. The van der Waals surface area contributed by atoms with E-state index in [0.29, 0.717) is 11.7 Å². The van der Waals surface area contributed by atoms with Crippen LogP contribution in [0.4, 0.5) is 11.4 Å². The van der Waals surface area contributed by atoms with E-state index < -0.39 is 0 Å². The summed E-state index contributed by atoms with van der Waals surface area (Å²) in [6, 6.07) is 23.4. The Bertz CT molecular complexity index is 1170. The van der Waals surface area contributed by atoms with E-state index in [2.05, 4.69) is 20.6 Å². The molecule has 0 saturated carbocycles. The molecule has 0 fully saturated rings. The Kier molecular flexibility index (Phi) is 17.6. The number of amidine groups is 4. The second-order valence-electron chi connectivity index (χ2n) is 8.13. The third-order valence-corrected chi connectivity index (χ3v) is 6.08. The van der Waals surface area contributed by atoms with Crippen molar-refractivity contribution in [1.29, 1.82) is 10.8 Å². The highest BCUT2D eigenvalue weighted by atomic mass is 35.5. The molecule has 3 aromatic carbocycles. The highest BCUT2D eigenvalue weighted by molar-refractivity contribution is 6.10. The Morgan fingerprint density at radius 2 is 0.775 bits per heavy atom. The van der Waals surface area contributed by atoms with Gasteiger partial charge in [0.15, 0.2) is 0 Å². The van der Waals surface area contributed by atoms with Crippen molar-refractivity contribution < 1.29 is 0 Å². The smallest absolute Gasteiger partial charge is 0.132 e. The molecule has 40 heavy (non-hydrogen) atoms. The highest BCUT2D eigenvalue weighted by Crippen LogP contribution is 2.20. The lowest BCUT2D eigenvalue weighted by Crippen LogP contribution is -2.28. The van der Waals surface area contributed by atoms with Gasteiger partial charge in [-0.2, -0.15) is 0 Å². The zero-order chi connectivity index (χ0) is 26.2. The van der Waals surface area contributed by atoms with Gasteiger partial charge in [0, 0.05) is 75.9 Å². The minimum atomic E-state index is 0. The lowest BCUT2D eigenvalue weighted by atomic mass is 10.1. The Morgan fingerprint density at radius 3 is 1.00 bits per heavy atom. The first kappa shape index (κ1) is 38.8. The van der Waals surface area contributed by atoms with Gasteiger partial charge in [0.2, 0.25) is 0 Å². The summed E-state index contributed by atoms with van der Waals surface area (Å²) >= 11 is 0. The second kappa shape index (κ2) is 18.1. The maximum atomic E-state index is 8.68. The van der Waals surface area contributed by atoms with E-state index in [1.54, 1.807) is 14.1 Å². The first-order valence-corrected chi connectivity index (χ1v) is 11.6. The van der Waals surface area contributed by atoms with Gasteiger partial charge >= 0.3 is 0 Å². The Morgan fingerprint density at radius 1 is 0.525 bits per heavy atom. The topological polar surface area (TPSA) is 103 Å². The number of aliphatic imine (C=N–C) groups is 2. The number of hydrogen-bond acceptors (Lipinski definition) is 4. The van der Waals surface area contributed by atoms with Crippen LogP contribution in [0.3, 0.4) is 0 Å². The van der Waals surface area contributed by atoms with E-state index >= 15 is 0 Å². The molecule has 8 nitrogen and oxygen atoms in total. The van der Waals surface area contributed by atoms with Gasteiger partial charge < -0.3 is 20.4 Å². The Hall–Kier alpha value is -3.30. The van der Waals surface area contributed by atoms with E-state index in [0.717, 1.165) is 45.3 Å².